The largest absolute Gasteiger partial charge is 0.471 e. The average Bonchev–Trinajstić information content (AvgIpc) is 2.96. The molecule has 27 heavy (non-hydrogen) atoms. The molecule has 3 rings (SSSR count). The summed E-state index contributed by atoms with van der Waals surface area (Å²) < 4.78 is 21.2. The van der Waals surface area contributed by atoms with E-state index in [1.807, 2.05) is 0 Å². The first-order valence-electron chi connectivity index (χ1n) is 8.56. The number of ether oxygens (including phenoxy) is 4. The molecule has 152 valence electrons. The minimum absolute atomic E-state index is 0.225. The number of hydrogen-bond donors (Lipinski definition) is 5. The second-order valence-electron chi connectivity index (χ2n) is 6.86. The summed E-state index contributed by atoms with van der Waals surface area (Å²) in [6.07, 6.45) is -7.82. The van der Waals surface area contributed by atoms with Gasteiger partial charge in [0.2, 0.25) is 6.29 Å². The fraction of sp³-hybridized carbons (Fsp3) is 0.706. The monoisotopic (exact) mass is 388 g/mol. The number of rotatable bonds is 4. The van der Waals surface area contributed by atoms with Crippen LogP contribution in [0.4, 0.5) is 0 Å². The number of carbonyl (C=O) groups is 1. The van der Waals surface area contributed by atoms with E-state index in [2.05, 4.69) is 6.58 Å². The zero-order chi connectivity index (χ0) is 19.9. The maximum Gasteiger partial charge on any atom is 0.337 e. The summed E-state index contributed by atoms with van der Waals surface area (Å²) in [6.45, 7) is 3.24. The first kappa shape index (κ1) is 20.2. The smallest absolute Gasteiger partial charge is 0.337 e. The normalized spacial score (nSPS) is 44.3. The number of hydrogen-bond acceptors (Lipinski definition) is 10. The van der Waals surface area contributed by atoms with Crippen molar-refractivity contribution in [3.05, 3.63) is 24.0 Å². The van der Waals surface area contributed by atoms with Gasteiger partial charge in [-0.15, -0.1) is 0 Å². The molecule has 0 radical (unpaired) electrons. The first-order valence-corrected chi connectivity index (χ1v) is 8.56. The van der Waals surface area contributed by atoms with Crippen molar-refractivity contribution < 1.29 is 49.3 Å². The highest BCUT2D eigenvalue weighted by molar-refractivity contribution is 5.89. The van der Waals surface area contributed by atoms with Gasteiger partial charge in [0.15, 0.2) is 6.29 Å². The van der Waals surface area contributed by atoms with Crippen LogP contribution in [0.5, 0.6) is 0 Å². The van der Waals surface area contributed by atoms with Crippen LogP contribution in [0.15, 0.2) is 24.0 Å². The molecule has 2 heterocycles. The fourth-order valence-corrected chi connectivity index (χ4v) is 3.76. The molecule has 10 heteroatoms. The van der Waals surface area contributed by atoms with Crippen LogP contribution in [0.1, 0.15) is 6.42 Å². The topological polar surface area (TPSA) is 155 Å². The minimum Gasteiger partial charge on any atom is -0.471 e. The van der Waals surface area contributed by atoms with E-state index in [-0.39, 0.29) is 12.0 Å². The molecule has 0 unspecified atom stereocenters. The Hall–Kier alpha value is -1.53. The van der Waals surface area contributed by atoms with Gasteiger partial charge in [-0.2, -0.15) is 0 Å². The molecule has 2 aliphatic heterocycles. The Morgan fingerprint density at radius 2 is 1.93 bits per heavy atom. The molecule has 0 aromatic heterocycles. The standard InChI is InChI=1S/C17H24O10/c1-6-9(19)3-7-8(15(23)24-2)5-25-16(11(6)7)27-17-14(22)13(21)12(20)10(4-18)26-17/h5,7,9-14,16-22H,1,3-4H2,2H3/t7-,9-,10-,11-,12-,13+,14-,16+,17+/m1/s1. The van der Waals surface area contributed by atoms with Gasteiger partial charge in [0, 0.05) is 5.92 Å². The first-order chi connectivity index (χ1) is 12.8. The Morgan fingerprint density at radius 1 is 1.22 bits per heavy atom. The highest BCUT2D eigenvalue weighted by Gasteiger charge is 2.52. The van der Waals surface area contributed by atoms with Gasteiger partial charge in [-0.05, 0) is 12.0 Å². The van der Waals surface area contributed by atoms with E-state index in [1.165, 1.54) is 13.4 Å². The highest BCUT2D eigenvalue weighted by Crippen LogP contribution is 2.46. The second-order valence-corrected chi connectivity index (χ2v) is 6.86. The summed E-state index contributed by atoms with van der Waals surface area (Å²) in [5, 5.41) is 49.3. The summed E-state index contributed by atoms with van der Waals surface area (Å²) in [7, 11) is 1.23. The van der Waals surface area contributed by atoms with Crippen molar-refractivity contribution in [2.75, 3.05) is 13.7 Å². The number of aliphatic hydroxyl groups is 5. The lowest BCUT2D eigenvalue weighted by Crippen LogP contribution is -2.60. The van der Waals surface area contributed by atoms with Gasteiger partial charge in [0.25, 0.3) is 0 Å². The molecule has 10 nitrogen and oxygen atoms in total. The van der Waals surface area contributed by atoms with E-state index >= 15 is 0 Å². The fourth-order valence-electron chi connectivity index (χ4n) is 3.76. The molecule has 3 aliphatic rings. The lowest BCUT2D eigenvalue weighted by molar-refractivity contribution is -0.339. The van der Waals surface area contributed by atoms with Gasteiger partial charge in [0.1, 0.15) is 24.4 Å². The van der Waals surface area contributed by atoms with E-state index in [0.29, 0.717) is 5.57 Å². The van der Waals surface area contributed by atoms with Crippen molar-refractivity contribution in [2.24, 2.45) is 11.8 Å². The van der Waals surface area contributed by atoms with Crippen LogP contribution < -0.4 is 0 Å². The van der Waals surface area contributed by atoms with Crippen LogP contribution in [0.3, 0.4) is 0 Å². The van der Waals surface area contributed by atoms with Gasteiger partial charge in [-0.3, -0.25) is 0 Å². The Kier molecular flexibility index (Phi) is 5.87. The van der Waals surface area contributed by atoms with Crippen LogP contribution in [0, 0.1) is 11.8 Å². The molecular formula is C17H24O10. The molecule has 0 amide bonds. The Bertz CT molecular complexity index is 617. The molecule has 1 saturated heterocycles. The third kappa shape index (κ3) is 3.49. The number of carbonyl (C=O) groups excluding carboxylic acids is 1. The van der Waals surface area contributed by atoms with Gasteiger partial charge in [-0.25, -0.2) is 4.79 Å². The summed E-state index contributed by atoms with van der Waals surface area (Å²) in [5.74, 6) is -1.69. The molecule has 1 aliphatic carbocycles. The summed E-state index contributed by atoms with van der Waals surface area (Å²) in [5.41, 5.74) is 0.623. The third-order valence-electron chi connectivity index (χ3n) is 5.33. The molecule has 1 saturated carbocycles. The van der Waals surface area contributed by atoms with Crippen LogP contribution in [0.25, 0.3) is 0 Å². The van der Waals surface area contributed by atoms with Gasteiger partial charge in [0.05, 0.1) is 37.6 Å². The number of methoxy groups -OCH3 is 1. The van der Waals surface area contributed by atoms with Crippen molar-refractivity contribution in [1.29, 1.82) is 0 Å². The van der Waals surface area contributed by atoms with Crippen molar-refractivity contribution in [1.82, 2.24) is 0 Å². The van der Waals surface area contributed by atoms with Crippen molar-refractivity contribution in [3.63, 3.8) is 0 Å². The number of esters is 1. The molecule has 5 N–H and O–H groups in total. The van der Waals surface area contributed by atoms with Crippen LogP contribution in [-0.4, -0.2) is 88.3 Å². The van der Waals surface area contributed by atoms with E-state index in [4.69, 9.17) is 18.9 Å². The van der Waals surface area contributed by atoms with E-state index < -0.39 is 67.5 Å². The lowest BCUT2D eigenvalue weighted by Gasteiger charge is -2.42. The van der Waals surface area contributed by atoms with Gasteiger partial charge < -0.3 is 44.5 Å². The zero-order valence-electron chi connectivity index (χ0n) is 14.7. The van der Waals surface area contributed by atoms with Crippen LogP contribution in [0.2, 0.25) is 0 Å². The minimum atomic E-state index is -1.60. The lowest BCUT2D eigenvalue weighted by atomic mass is 9.85. The van der Waals surface area contributed by atoms with Crippen molar-refractivity contribution in [2.45, 2.75) is 49.5 Å². The van der Waals surface area contributed by atoms with E-state index in [0.717, 1.165) is 0 Å². The van der Waals surface area contributed by atoms with E-state index in [9.17, 15) is 30.3 Å². The predicted molar refractivity (Wildman–Crippen MR) is 86.6 cm³/mol. The van der Waals surface area contributed by atoms with Crippen LogP contribution >= 0.6 is 0 Å². The molecule has 2 fully saturated rings. The zero-order valence-corrected chi connectivity index (χ0v) is 14.7. The summed E-state index contributed by atoms with van der Waals surface area (Å²) in [4.78, 5) is 12.0. The number of aliphatic hydroxyl groups excluding tert-OH is 5. The Morgan fingerprint density at radius 3 is 2.56 bits per heavy atom. The maximum atomic E-state index is 12.0. The Labute approximate surface area is 155 Å². The molecule has 0 bridgehead atoms. The molecule has 0 aromatic rings. The van der Waals surface area contributed by atoms with E-state index in [1.54, 1.807) is 0 Å². The molecule has 0 aromatic carbocycles. The molecule has 0 spiro atoms. The quantitative estimate of drug-likeness (QED) is 0.264. The third-order valence-corrected chi connectivity index (χ3v) is 5.33. The predicted octanol–water partition coefficient (Wildman–Crippen LogP) is -2.23. The maximum absolute atomic E-state index is 12.0. The van der Waals surface area contributed by atoms with Gasteiger partial charge in [-0.1, -0.05) is 6.58 Å². The second kappa shape index (κ2) is 7.84. The van der Waals surface area contributed by atoms with Gasteiger partial charge >= 0.3 is 5.97 Å². The summed E-state index contributed by atoms with van der Waals surface area (Å²) >= 11 is 0. The SMILES string of the molecule is C=C1[C@H]2[C@H](O[C@@H]3O[C@H](CO)[C@@H](O)[C@H](O)[C@H]3O)OC=C(C(=O)OC)[C@H]2C[C@H]1O. The number of fused-ring (bicyclic) bond motifs is 1. The van der Waals surface area contributed by atoms with Crippen molar-refractivity contribution in [3.8, 4) is 0 Å². The highest BCUT2D eigenvalue weighted by atomic mass is 16.8. The van der Waals surface area contributed by atoms with Crippen molar-refractivity contribution >= 4 is 5.97 Å². The average molecular weight is 388 g/mol. The molecular weight excluding hydrogens is 364 g/mol. The molecule has 9 atom stereocenters. The van der Waals surface area contributed by atoms with Crippen LogP contribution in [-0.2, 0) is 23.7 Å². The Balaban J connectivity index is 1.81. The summed E-state index contributed by atoms with van der Waals surface area (Å²) in [6, 6.07) is 0.